The second-order valence-corrected chi connectivity index (χ2v) is 4.58. The Kier molecular flexibility index (Phi) is 3.48. The van der Waals surface area contributed by atoms with Crippen LogP contribution in [0.15, 0.2) is 18.2 Å². The molecule has 1 aromatic heterocycles. The van der Waals surface area contributed by atoms with Crippen molar-refractivity contribution >= 4 is 23.4 Å². The molecule has 2 N–H and O–H groups in total. The van der Waals surface area contributed by atoms with E-state index in [9.17, 15) is 4.79 Å². The molecule has 0 saturated heterocycles. The summed E-state index contributed by atoms with van der Waals surface area (Å²) in [4.78, 5) is 15.7. The lowest BCUT2D eigenvalue weighted by Gasteiger charge is -2.10. The van der Waals surface area contributed by atoms with Crippen molar-refractivity contribution in [3.63, 3.8) is 0 Å². The van der Waals surface area contributed by atoms with E-state index in [1.165, 1.54) is 7.11 Å². The molecule has 0 bridgehead atoms. The third-order valence-electron chi connectivity index (χ3n) is 2.80. The van der Waals surface area contributed by atoms with Crippen LogP contribution in [0.25, 0.3) is 5.69 Å². The highest BCUT2D eigenvalue weighted by molar-refractivity contribution is 6.32. The summed E-state index contributed by atoms with van der Waals surface area (Å²) >= 11 is 6.18. The van der Waals surface area contributed by atoms with Crippen molar-refractivity contribution in [2.45, 2.75) is 13.8 Å². The first-order chi connectivity index (χ1) is 8.95. The van der Waals surface area contributed by atoms with Crippen LogP contribution < -0.4 is 5.73 Å². The molecule has 0 saturated carbocycles. The second kappa shape index (κ2) is 4.93. The fraction of sp³-hybridized carbons (Fsp3) is 0.231. The highest BCUT2D eigenvalue weighted by Crippen LogP contribution is 2.27. The minimum Gasteiger partial charge on any atom is -0.464 e. The van der Waals surface area contributed by atoms with E-state index in [4.69, 9.17) is 17.3 Å². The maximum atomic E-state index is 11.6. The van der Waals surface area contributed by atoms with Crippen molar-refractivity contribution in [1.82, 2.24) is 9.55 Å². The predicted molar refractivity (Wildman–Crippen MR) is 73.8 cm³/mol. The molecule has 1 heterocycles. The molecule has 2 aromatic rings. The van der Waals surface area contributed by atoms with E-state index in [2.05, 4.69) is 9.72 Å². The highest BCUT2D eigenvalue weighted by Gasteiger charge is 2.21. The van der Waals surface area contributed by atoms with Crippen LogP contribution in [0.4, 0.5) is 5.82 Å². The standard InChI is InChI=1S/C13H14ClN3O2/c1-7-4-5-9(14)10(6-7)17-8(2)16-11(12(17)15)13(18)19-3/h4-6H,15H2,1-3H3. The SMILES string of the molecule is COC(=O)c1nc(C)n(-c2cc(C)ccc2Cl)c1N. The number of aryl methyl sites for hydroxylation is 2. The quantitative estimate of drug-likeness (QED) is 0.858. The largest absolute Gasteiger partial charge is 0.464 e. The molecule has 0 unspecified atom stereocenters. The number of halogens is 1. The van der Waals surface area contributed by atoms with Crippen LogP contribution in [0.3, 0.4) is 0 Å². The first kappa shape index (κ1) is 13.4. The normalized spacial score (nSPS) is 10.5. The number of methoxy groups -OCH3 is 1. The number of nitrogens with zero attached hydrogens (tertiary/aromatic N) is 2. The molecular formula is C13H14ClN3O2. The lowest BCUT2D eigenvalue weighted by atomic mass is 10.2. The summed E-state index contributed by atoms with van der Waals surface area (Å²) in [6.07, 6.45) is 0. The second-order valence-electron chi connectivity index (χ2n) is 4.17. The molecule has 19 heavy (non-hydrogen) atoms. The van der Waals surface area contributed by atoms with Crippen molar-refractivity contribution < 1.29 is 9.53 Å². The van der Waals surface area contributed by atoms with Gasteiger partial charge in [-0.05, 0) is 31.5 Å². The molecule has 1 aromatic carbocycles. The summed E-state index contributed by atoms with van der Waals surface area (Å²) < 4.78 is 6.29. The number of nitrogen functional groups attached to an aromatic ring is 1. The number of aromatic nitrogens is 2. The van der Waals surface area contributed by atoms with E-state index in [-0.39, 0.29) is 11.5 Å². The Morgan fingerprint density at radius 1 is 1.42 bits per heavy atom. The lowest BCUT2D eigenvalue weighted by Crippen LogP contribution is -2.08. The van der Waals surface area contributed by atoms with Crippen LogP contribution >= 0.6 is 11.6 Å². The topological polar surface area (TPSA) is 70.1 Å². The van der Waals surface area contributed by atoms with Gasteiger partial charge in [-0.25, -0.2) is 9.78 Å². The first-order valence-electron chi connectivity index (χ1n) is 5.65. The van der Waals surface area contributed by atoms with Gasteiger partial charge in [-0.3, -0.25) is 4.57 Å². The Morgan fingerprint density at radius 2 is 2.11 bits per heavy atom. The van der Waals surface area contributed by atoms with Crippen LogP contribution in [-0.4, -0.2) is 22.6 Å². The molecule has 100 valence electrons. The maximum absolute atomic E-state index is 11.6. The molecule has 5 nitrogen and oxygen atoms in total. The third kappa shape index (κ3) is 2.29. The van der Waals surface area contributed by atoms with Gasteiger partial charge in [-0.15, -0.1) is 0 Å². The molecule has 0 amide bonds. The van der Waals surface area contributed by atoms with Crippen LogP contribution in [0.5, 0.6) is 0 Å². The van der Waals surface area contributed by atoms with Crippen LogP contribution in [-0.2, 0) is 4.74 Å². The molecule has 0 aliphatic carbocycles. The number of esters is 1. The molecule has 0 atom stereocenters. The zero-order valence-corrected chi connectivity index (χ0v) is 11.7. The number of hydrogen-bond acceptors (Lipinski definition) is 4. The average Bonchev–Trinajstić information content (AvgIpc) is 2.67. The van der Waals surface area contributed by atoms with Crippen LogP contribution in [0, 0.1) is 13.8 Å². The molecule has 6 heteroatoms. The fourth-order valence-corrected chi connectivity index (χ4v) is 2.10. The van der Waals surface area contributed by atoms with Gasteiger partial charge in [0.05, 0.1) is 17.8 Å². The summed E-state index contributed by atoms with van der Waals surface area (Å²) in [6.45, 7) is 3.70. The minimum atomic E-state index is -0.567. The van der Waals surface area contributed by atoms with Crippen molar-refractivity contribution in [2.75, 3.05) is 12.8 Å². The predicted octanol–water partition coefficient (Wildman–Crippen LogP) is 2.51. The summed E-state index contributed by atoms with van der Waals surface area (Å²) in [6, 6.07) is 5.56. The van der Waals surface area contributed by atoms with Crippen molar-refractivity contribution in [3.8, 4) is 5.69 Å². The van der Waals surface area contributed by atoms with E-state index in [1.54, 1.807) is 17.6 Å². The van der Waals surface area contributed by atoms with Gasteiger partial charge >= 0.3 is 5.97 Å². The zero-order chi connectivity index (χ0) is 14.2. The number of imidazole rings is 1. The Hall–Kier alpha value is -2.01. The Morgan fingerprint density at radius 3 is 2.74 bits per heavy atom. The van der Waals surface area contributed by atoms with Gasteiger partial charge < -0.3 is 10.5 Å². The van der Waals surface area contributed by atoms with E-state index < -0.39 is 5.97 Å². The Labute approximate surface area is 116 Å². The number of anilines is 1. The van der Waals surface area contributed by atoms with Gasteiger partial charge in [0.1, 0.15) is 11.6 Å². The smallest absolute Gasteiger partial charge is 0.360 e. The molecule has 0 aliphatic heterocycles. The van der Waals surface area contributed by atoms with Gasteiger partial charge in [-0.1, -0.05) is 17.7 Å². The van der Waals surface area contributed by atoms with E-state index in [0.717, 1.165) is 5.56 Å². The molecule has 0 radical (unpaired) electrons. The summed E-state index contributed by atoms with van der Waals surface area (Å²) in [5.74, 6) is 0.227. The van der Waals surface area contributed by atoms with E-state index in [1.807, 2.05) is 19.1 Å². The Balaban J connectivity index is 2.66. The van der Waals surface area contributed by atoms with E-state index in [0.29, 0.717) is 16.5 Å². The van der Waals surface area contributed by atoms with Crippen LogP contribution in [0.2, 0.25) is 5.02 Å². The van der Waals surface area contributed by atoms with E-state index >= 15 is 0 Å². The van der Waals surface area contributed by atoms with Crippen molar-refractivity contribution in [2.24, 2.45) is 0 Å². The van der Waals surface area contributed by atoms with Gasteiger partial charge in [-0.2, -0.15) is 0 Å². The highest BCUT2D eigenvalue weighted by atomic mass is 35.5. The maximum Gasteiger partial charge on any atom is 0.360 e. The molecular weight excluding hydrogens is 266 g/mol. The fourth-order valence-electron chi connectivity index (χ4n) is 1.89. The monoisotopic (exact) mass is 279 g/mol. The van der Waals surface area contributed by atoms with Gasteiger partial charge in [0.15, 0.2) is 5.69 Å². The molecule has 0 fully saturated rings. The number of ether oxygens (including phenoxy) is 1. The number of rotatable bonds is 2. The van der Waals surface area contributed by atoms with Crippen LogP contribution in [0.1, 0.15) is 21.9 Å². The number of carbonyl (C=O) groups is 1. The molecule has 0 aliphatic rings. The van der Waals surface area contributed by atoms with Gasteiger partial charge in [0, 0.05) is 0 Å². The number of carbonyl (C=O) groups excluding carboxylic acids is 1. The number of benzene rings is 1. The first-order valence-corrected chi connectivity index (χ1v) is 6.03. The minimum absolute atomic E-state index is 0.0950. The number of nitrogens with two attached hydrogens (primary N) is 1. The molecule has 2 rings (SSSR count). The van der Waals surface area contributed by atoms with Gasteiger partial charge in [0.25, 0.3) is 0 Å². The van der Waals surface area contributed by atoms with Crippen molar-refractivity contribution in [3.05, 3.63) is 40.3 Å². The average molecular weight is 280 g/mol. The third-order valence-corrected chi connectivity index (χ3v) is 3.12. The molecule has 0 spiro atoms. The number of hydrogen-bond donors (Lipinski definition) is 1. The summed E-state index contributed by atoms with van der Waals surface area (Å²) in [5.41, 5.74) is 7.80. The zero-order valence-electron chi connectivity index (χ0n) is 10.9. The summed E-state index contributed by atoms with van der Waals surface area (Å²) in [7, 11) is 1.29. The van der Waals surface area contributed by atoms with Crippen molar-refractivity contribution in [1.29, 1.82) is 0 Å². The lowest BCUT2D eigenvalue weighted by molar-refractivity contribution is 0.0596. The summed E-state index contributed by atoms with van der Waals surface area (Å²) in [5, 5.41) is 0.536. The Bertz CT molecular complexity index is 650. The van der Waals surface area contributed by atoms with Gasteiger partial charge in [0.2, 0.25) is 0 Å².